The van der Waals surface area contributed by atoms with Gasteiger partial charge in [0, 0.05) is 27.1 Å². The Morgan fingerprint density at radius 3 is 1.33 bits per heavy atom. The molecule has 8 aromatic rings. The first-order chi connectivity index (χ1) is 25.6. The molecule has 0 fully saturated rings. The SMILES string of the molecule is N#Cc1cccc(C(F)(F)F)c1-c1cc(-n2c3ccccc3c3ccc(C(F)(F)F)cc32)c(C#N)c(-n2c3ccccc3c3ccc(C(F)(F)F)cc32)c1. The van der Waals surface area contributed by atoms with Gasteiger partial charge in [-0.3, -0.25) is 0 Å². The zero-order valence-corrected chi connectivity index (χ0v) is 27.2. The van der Waals surface area contributed by atoms with E-state index in [1.807, 2.05) is 0 Å². The standard InChI is InChI=1S/C41H19F9N4/c42-39(43,44)24-12-14-28-26-7-1-3-10-32(26)53(36(28)18-24)34-16-23(38-22(20-51)6-5-9-31(38)41(48,49)50)17-35(30(34)21-52)54-33-11-4-2-8-27(33)29-15-13-25(19-37(29)54)40(45,46)47/h1-19H. The molecule has 0 bridgehead atoms. The lowest BCUT2D eigenvalue weighted by Crippen LogP contribution is -2.10. The zero-order chi connectivity index (χ0) is 38.3. The van der Waals surface area contributed by atoms with Crippen LogP contribution in [0.5, 0.6) is 0 Å². The molecule has 54 heavy (non-hydrogen) atoms. The summed E-state index contributed by atoms with van der Waals surface area (Å²) in [6.45, 7) is 0. The van der Waals surface area contributed by atoms with Gasteiger partial charge >= 0.3 is 18.5 Å². The molecule has 0 amide bonds. The van der Waals surface area contributed by atoms with Crippen molar-refractivity contribution >= 4 is 43.6 Å². The first kappa shape index (κ1) is 34.4. The van der Waals surface area contributed by atoms with E-state index < -0.39 is 46.3 Å². The van der Waals surface area contributed by atoms with E-state index in [0.717, 1.165) is 42.5 Å². The molecule has 0 spiro atoms. The predicted molar refractivity (Wildman–Crippen MR) is 185 cm³/mol. The van der Waals surface area contributed by atoms with Crippen LogP contribution in [0.15, 0.2) is 115 Å². The van der Waals surface area contributed by atoms with Crippen LogP contribution in [0.3, 0.4) is 0 Å². The van der Waals surface area contributed by atoms with E-state index in [1.165, 1.54) is 33.4 Å². The summed E-state index contributed by atoms with van der Waals surface area (Å²) in [6, 6.07) is 28.1. The largest absolute Gasteiger partial charge is 0.417 e. The van der Waals surface area contributed by atoms with Gasteiger partial charge in [-0.25, -0.2) is 0 Å². The number of fused-ring (bicyclic) bond motifs is 6. The summed E-state index contributed by atoms with van der Waals surface area (Å²) in [4.78, 5) is 0. The minimum atomic E-state index is -5.00. The molecule has 4 nitrogen and oxygen atoms in total. The second-order valence-corrected chi connectivity index (χ2v) is 12.5. The Morgan fingerprint density at radius 1 is 0.444 bits per heavy atom. The van der Waals surface area contributed by atoms with E-state index in [4.69, 9.17) is 0 Å². The van der Waals surface area contributed by atoms with Gasteiger partial charge in [0.1, 0.15) is 11.6 Å². The van der Waals surface area contributed by atoms with Crippen molar-refractivity contribution in [2.24, 2.45) is 0 Å². The molecular formula is C41H19F9N4. The summed E-state index contributed by atoms with van der Waals surface area (Å²) in [5.41, 5.74) is -4.68. The number of hydrogen-bond acceptors (Lipinski definition) is 2. The summed E-state index contributed by atoms with van der Waals surface area (Å²) < 4.78 is 132. The van der Waals surface area contributed by atoms with Crippen LogP contribution in [-0.4, -0.2) is 9.13 Å². The molecule has 13 heteroatoms. The lowest BCUT2D eigenvalue weighted by Gasteiger charge is -2.21. The number of para-hydroxylation sites is 2. The van der Waals surface area contributed by atoms with Crippen LogP contribution in [-0.2, 0) is 18.5 Å². The highest BCUT2D eigenvalue weighted by atomic mass is 19.4. The summed E-state index contributed by atoms with van der Waals surface area (Å²) >= 11 is 0. The first-order valence-electron chi connectivity index (χ1n) is 16.0. The van der Waals surface area contributed by atoms with E-state index >= 15 is 0 Å². The van der Waals surface area contributed by atoms with E-state index in [0.29, 0.717) is 21.5 Å². The average molecular weight is 739 g/mol. The first-order valence-corrected chi connectivity index (χ1v) is 16.0. The van der Waals surface area contributed by atoms with Crippen LogP contribution < -0.4 is 0 Å². The van der Waals surface area contributed by atoms with Crippen molar-refractivity contribution in [2.45, 2.75) is 18.5 Å². The topological polar surface area (TPSA) is 57.4 Å². The molecular weight excluding hydrogens is 719 g/mol. The van der Waals surface area contributed by atoms with Crippen molar-refractivity contribution in [3.63, 3.8) is 0 Å². The van der Waals surface area contributed by atoms with Gasteiger partial charge < -0.3 is 9.13 Å². The van der Waals surface area contributed by atoms with Crippen LogP contribution in [0.1, 0.15) is 27.8 Å². The molecule has 2 heterocycles. The number of benzene rings is 6. The van der Waals surface area contributed by atoms with Crippen molar-refractivity contribution < 1.29 is 39.5 Å². The Kier molecular flexibility index (Phi) is 7.57. The fourth-order valence-corrected chi connectivity index (χ4v) is 7.23. The Morgan fingerprint density at radius 2 is 0.907 bits per heavy atom. The van der Waals surface area contributed by atoms with Gasteiger partial charge in [-0.05, 0) is 66.2 Å². The predicted octanol–water partition coefficient (Wildman–Crippen LogP) is 12.3. The monoisotopic (exact) mass is 738 g/mol. The highest BCUT2D eigenvalue weighted by molar-refractivity contribution is 6.11. The zero-order valence-electron chi connectivity index (χ0n) is 27.2. The van der Waals surface area contributed by atoms with Crippen LogP contribution in [0.4, 0.5) is 39.5 Å². The Hall–Kier alpha value is -6.73. The van der Waals surface area contributed by atoms with Crippen LogP contribution >= 0.6 is 0 Å². The second kappa shape index (κ2) is 11.9. The van der Waals surface area contributed by atoms with Crippen molar-refractivity contribution in [1.82, 2.24) is 9.13 Å². The molecule has 8 rings (SSSR count). The van der Waals surface area contributed by atoms with Gasteiger partial charge in [0.15, 0.2) is 0 Å². The molecule has 0 saturated carbocycles. The average Bonchev–Trinajstić information content (AvgIpc) is 3.65. The number of halogens is 9. The van der Waals surface area contributed by atoms with Gasteiger partial charge in [-0.15, -0.1) is 0 Å². The quantitative estimate of drug-likeness (QED) is 0.170. The maximum atomic E-state index is 14.7. The maximum absolute atomic E-state index is 14.7. The third kappa shape index (κ3) is 5.31. The Balaban J connectivity index is 1.62. The van der Waals surface area contributed by atoms with Crippen LogP contribution in [0.25, 0.3) is 66.1 Å². The summed E-state index contributed by atoms with van der Waals surface area (Å²) in [6.07, 6.45) is -14.6. The number of nitrogens with zero attached hydrogens (tertiary/aromatic N) is 4. The van der Waals surface area contributed by atoms with Crippen molar-refractivity contribution in [1.29, 1.82) is 10.5 Å². The Bertz CT molecular complexity index is 2780. The molecule has 0 radical (unpaired) electrons. The van der Waals surface area contributed by atoms with Gasteiger partial charge in [0.2, 0.25) is 0 Å². The molecule has 0 aliphatic heterocycles. The summed E-state index contributed by atoms with van der Waals surface area (Å²) in [5, 5.41) is 22.6. The van der Waals surface area contributed by atoms with E-state index in [1.54, 1.807) is 54.6 Å². The third-order valence-corrected chi connectivity index (χ3v) is 9.47. The third-order valence-electron chi connectivity index (χ3n) is 9.47. The fraction of sp³-hybridized carbons (Fsp3) is 0.0732. The van der Waals surface area contributed by atoms with E-state index in [9.17, 15) is 50.0 Å². The van der Waals surface area contributed by atoms with Gasteiger partial charge in [0.25, 0.3) is 0 Å². The van der Waals surface area contributed by atoms with E-state index in [-0.39, 0.29) is 44.6 Å². The van der Waals surface area contributed by atoms with E-state index in [2.05, 4.69) is 6.07 Å². The highest BCUT2D eigenvalue weighted by Crippen LogP contribution is 2.45. The summed E-state index contributed by atoms with van der Waals surface area (Å²) in [7, 11) is 0. The molecule has 0 aliphatic rings. The normalized spacial score (nSPS) is 12.5. The maximum Gasteiger partial charge on any atom is 0.417 e. The highest BCUT2D eigenvalue weighted by Gasteiger charge is 2.36. The van der Waals surface area contributed by atoms with Crippen LogP contribution in [0, 0.1) is 22.7 Å². The molecule has 0 atom stereocenters. The molecule has 266 valence electrons. The van der Waals surface area contributed by atoms with Gasteiger partial charge in [-0.1, -0.05) is 54.6 Å². The lowest BCUT2D eigenvalue weighted by atomic mass is 9.92. The number of aromatic nitrogens is 2. The summed E-state index contributed by atoms with van der Waals surface area (Å²) in [5.74, 6) is 0. The van der Waals surface area contributed by atoms with Gasteiger partial charge in [0.05, 0.1) is 61.8 Å². The van der Waals surface area contributed by atoms with Gasteiger partial charge in [-0.2, -0.15) is 50.0 Å². The minimum absolute atomic E-state index is 0.0446. The second-order valence-electron chi connectivity index (χ2n) is 12.5. The molecule has 2 aromatic heterocycles. The molecule has 0 N–H and O–H groups in total. The minimum Gasteiger partial charge on any atom is -0.308 e. The molecule has 6 aromatic carbocycles. The molecule has 0 saturated heterocycles. The molecule has 0 unspecified atom stereocenters. The fourth-order valence-electron chi connectivity index (χ4n) is 7.23. The number of alkyl halides is 9. The smallest absolute Gasteiger partial charge is 0.308 e. The van der Waals surface area contributed by atoms with Crippen molar-refractivity contribution in [3.05, 3.63) is 143 Å². The molecule has 0 aliphatic carbocycles. The lowest BCUT2D eigenvalue weighted by molar-refractivity contribution is -0.138. The number of hydrogen-bond donors (Lipinski definition) is 0. The number of nitriles is 2. The van der Waals surface area contributed by atoms with Crippen LogP contribution in [0.2, 0.25) is 0 Å². The van der Waals surface area contributed by atoms with Crippen molar-refractivity contribution in [3.8, 4) is 34.6 Å². The van der Waals surface area contributed by atoms with Crippen molar-refractivity contribution in [2.75, 3.05) is 0 Å². The number of rotatable bonds is 3. The Labute approximate surface area is 298 Å².